The van der Waals surface area contributed by atoms with Crippen molar-refractivity contribution < 1.29 is 4.79 Å². The molecule has 28 heavy (non-hydrogen) atoms. The van der Waals surface area contributed by atoms with Gasteiger partial charge < -0.3 is 10.6 Å². The van der Waals surface area contributed by atoms with Crippen molar-refractivity contribution in [3.63, 3.8) is 0 Å². The number of carbonyl (C=O) groups excluding carboxylic acids is 1. The highest BCUT2D eigenvalue weighted by Crippen LogP contribution is 2.54. The lowest BCUT2D eigenvalue weighted by molar-refractivity contribution is -0.116. The molecule has 2 N–H and O–H groups in total. The van der Waals surface area contributed by atoms with Gasteiger partial charge in [-0.05, 0) is 42.5 Å². The minimum atomic E-state index is -0.0159. The molecule has 0 bridgehead atoms. The summed E-state index contributed by atoms with van der Waals surface area (Å²) < 4.78 is 0. The van der Waals surface area contributed by atoms with E-state index < -0.39 is 0 Å². The Kier molecular flexibility index (Phi) is 5.59. The number of benzene rings is 2. The average molecular weight is 436 g/mol. The standard InChI is InChI=1S/C22H21Cl3N2O/c1-2-5-18(28)26-17-11-10-16(24)22-19(17)12-6-3-7-13(12)21(27-22)14-8-4-9-15(23)20(14)25/h3-4,6,8-13,21,27H,2,5,7H2,1H3,(H,26,28). The largest absolute Gasteiger partial charge is 0.376 e. The maximum Gasteiger partial charge on any atom is 0.224 e. The topological polar surface area (TPSA) is 41.1 Å². The van der Waals surface area contributed by atoms with E-state index in [9.17, 15) is 4.79 Å². The van der Waals surface area contributed by atoms with Crippen molar-refractivity contribution in [3.8, 4) is 0 Å². The van der Waals surface area contributed by atoms with Crippen molar-refractivity contribution in [2.45, 2.75) is 38.1 Å². The summed E-state index contributed by atoms with van der Waals surface area (Å²) in [4.78, 5) is 12.2. The molecule has 0 spiro atoms. The van der Waals surface area contributed by atoms with E-state index in [-0.39, 0.29) is 23.8 Å². The van der Waals surface area contributed by atoms with Crippen LogP contribution in [0.5, 0.6) is 0 Å². The lowest BCUT2D eigenvalue weighted by Gasteiger charge is -2.39. The molecule has 3 atom stereocenters. The van der Waals surface area contributed by atoms with Gasteiger partial charge in [0.05, 0.1) is 26.8 Å². The highest BCUT2D eigenvalue weighted by Gasteiger charge is 2.41. The number of rotatable bonds is 4. The van der Waals surface area contributed by atoms with Gasteiger partial charge in [-0.15, -0.1) is 0 Å². The predicted octanol–water partition coefficient (Wildman–Crippen LogP) is 7.21. The van der Waals surface area contributed by atoms with Crippen LogP contribution in [0.2, 0.25) is 15.1 Å². The second kappa shape index (κ2) is 7.98. The van der Waals surface area contributed by atoms with Crippen molar-refractivity contribution in [2.75, 3.05) is 10.6 Å². The number of anilines is 2. The van der Waals surface area contributed by atoms with Crippen LogP contribution < -0.4 is 10.6 Å². The number of hydrogen-bond donors (Lipinski definition) is 2. The van der Waals surface area contributed by atoms with Gasteiger partial charge in [-0.25, -0.2) is 0 Å². The van der Waals surface area contributed by atoms with Crippen LogP contribution in [-0.2, 0) is 4.79 Å². The molecule has 0 aromatic heterocycles. The normalized spacial score (nSPS) is 22.4. The molecule has 2 aliphatic rings. The first-order chi connectivity index (χ1) is 13.5. The summed E-state index contributed by atoms with van der Waals surface area (Å²) in [6, 6.07) is 9.42. The summed E-state index contributed by atoms with van der Waals surface area (Å²) in [6.45, 7) is 1.99. The van der Waals surface area contributed by atoms with Crippen LogP contribution in [0.4, 0.5) is 11.4 Å². The Morgan fingerprint density at radius 1 is 1.18 bits per heavy atom. The summed E-state index contributed by atoms with van der Waals surface area (Å²) in [7, 11) is 0. The molecule has 2 aromatic rings. The van der Waals surface area contributed by atoms with Crippen LogP contribution >= 0.6 is 34.8 Å². The van der Waals surface area contributed by atoms with Gasteiger partial charge in [0.1, 0.15) is 0 Å². The summed E-state index contributed by atoms with van der Waals surface area (Å²) >= 11 is 19.4. The summed E-state index contributed by atoms with van der Waals surface area (Å²) in [5.74, 6) is 0.432. The van der Waals surface area contributed by atoms with E-state index in [0.29, 0.717) is 21.5 Å². The molecule has 6 heteroatoms. The SMILES string of the molecule is CCCC(=O)Nc1ccc(Cl)c2c1C1C=CCC1C(c1cccc(Cl)c1Cl)N2. The van der Waals surface area contributed by atoms with Gasteiger partial charge in [0.25, 0.3) is 0 Å². The van der Waals surface area contributed by atoms with Gasteiger partial charge in [0.15, 0.2) is 0 Å². The third-order valence-corrected chi connectivity index (χ3v) is 6.69. The number of allylic oxidation sites excluding steroid dienone is 2. The zero-order valence-corrected chi connectivity index (χ0v) is 17.7. The third-order valence-electron chi connectivity index (χ3n) is 5.54. The fourth-order valence-corrected chi connectivity index (χ4v) is 4.94. The Morgan fingerprint density at radius 3 is 2.79 bits per heavy atom. The second-order valence-corrected chi connectivity index (χ2v) is 8.49. The maximum absolute atomic E-state index is 12.2. The Morgan fingerprint density at radius 2 is 2.00 bits per heavy atom. The Balaban J connectivity index is 1.79. The third kappa shape index (κ3) is 3.41. The Labute approximate surface area is 180 Å². The lowest BCUT2D eigenvalue weighted by atomic mass is 9.76. The van der Waals surface area contributed by atoms with E-state index in [1.807, 2.05) is 31.2 Å². The summed E-state index contributed by atoms with van der Waals surface area (Å²) in [6.07, 6.45) is 6.62. The molecule has 3 nitrogen and oxygen atoms in total. The van der Waals surface area contributed by atoms with Crippen LogP contribution in [0.3, 0.4) is 0 Å². The monoisotopic (exact) mass is 434 g/mol. The number of hydrogen-bond acceptors (Lipinski definition) is 2. The molecule has 1 aliphatic carbocycles. The predicted molar refractivity (Wildman–Crippen MR) is 118 cm³/mol. The van der Waals surface area contributed by atoms with Crippen LogP contribution in [-0.4, -0.2) is 5.91 Å². The van der Waals surface area contributed by atoms with E-state index in [2.05, 4.69) is 22.8 Å². The molecule has 1 aliphatic heterocycles. The van der Waals surface area contributed by atoms with E-state index >= 15 is 0 Å². The van der Waals surface area contributed by atoms with Gasteiger partial charge >= 0.3 is 0 Å². The summed E-state index contributed by atoms with van der Waals surface area (Å²) in [5.41, 5.74) is 3.69. The van der Waals surface area contributed by atoms with Crippen molar-refractivity contribution in [1.29, 1.82) is 0 Å². The molecule has 1 amide bonds. The number of amides is 1. The number of carbonyl (C=O) groups is 1. The first-order valence-electron chi connectivity index (χ1n) is 9.50. The fourth-order valence-electron chi connectivity index (χ4n) is 4.29. The van der Waals surface area contributed by atoms with Crippen LogP contribution in [0.15, 0.2) is 42.5 Å². The van der Waals surface area contributed by atoms with Crippen LogP contribution in [0, 0.1) is 5.92 Å². The second-order valence-electron chi connectivity index (χ2n) is 7.30. The number of nitrogens with one attached hydrogen (secondary N) is 2. The Bertz CT molecular complexity index is 957. The van der Waals surface area contributed by atoms with E-state index in [4.69, 9.17) is 34.8 Å². The highest BCUT2D eigenvalue weighted by molar-refractivity contribution is 6.42. The number of fused-ring (bicyclic) bond motifs is 3. The van der Waals surface area contributed by atoms with Gasteiger partial charge in [-0.3, -0.25) is 4.79 Å². The van der Waals surface area contributed by atoms with Crippen molar-refractivity contribution in [1.82, 2.24) is 0 Å². The quantitative estimate of drug-likeness (QED) is 0.498. The zero-order valence-electron chi connectivity index (χ0n) is 15.4. The fraction of sp³-hybridized carbons (Fsp3) is 0.318. The van der Waals surface area contributed by atoms with Crippen molar-refractivity contribution >= 4 is 52.1 Å². The first-order valence-corrected chi connectivity index (χ1v) is 10.6. The van der Waals surface area contributed by atoms with Gasteiger partial charge in [0.2, 0.25) is 5.91 Å². The molecule has 3 unspecified atom stereocenters. The molecular formula is C22H21Cl3N2O. The molecular weight excluding hydrogens is 415 g/mol. The average Bonchev–Trinajstić information content (AvgIpc) is 3.16. The van der Waals surface area contributed by atoms with Gasteiger partial charge in [-0.1, -0.05) is 66.0 Å². The van der Waals surface area contributed by atoms with E-state index in [1.165, 1.54) is 0 Å². The van der Waals surface area contributed by atoms with Gasteiger partial charge in [0, 0.05) is 23.6 Å². The van der Waals surface area contributed by atoms with E-state index in [0.717, 1.165) is 35.3 Å². The minimum Gasteiger partial charge on any atom is -0.376 e. The van der Waals surface area contributed by atoms with Crippen molar-refractivity contribution in [2.24, 2.45) is 5.92 Å². The highest BCUT2D eigenvalue weighted by atomic mass is 35.5. The lowest BCUT2D eigenvalue weighted by Crippen LogP contribution is -2.30. The summed E-state index contributed by atoms with van der Waals surface area (Å²) in [5, 5.41) is 8.41. The maximum atomic E-state index is 12.2. The first kappa shape index (κ1) is 19.6. The molecule has 4 rings (SSSR count). The minimum absolute atomic E-state index is 0.0159. The van der Waals surface area contributed by atoms with Crippen molar-refractivity contribution in [3.05, 3.63) is 68.7 Å². The molecule has 0 saturated carbocycles. The molecule has 0 fully saturated rings. The zero-order chi connectivity index (χ0) is 19.8. The molecule has 1 heterocycles. The number of halogens is 3. The molecule has 0 saturated heterocycles. The van der Waals surface area contributed by atoms with Crippen LogP contribution in [0.25, 0.3) is 0 Å². The smallest absolute Gasteiger partial charge is 0.224 e. The van der Waals surface area contributed by atoms with E-state index in [1.54, 1.807) is 6.07 Å². The molecule has 146 valence electrons. The van der Waals surface area contributed by atoms with Crippen LogP contribution in [0.1, 0.15) is 49.3 Å². The van der Waals surface area contributed by atoms with Gasteiger partial charge in [-0.2, -0.15) is 0 Å². The molecule has 0 radical (unpaired) electrons. The molecule has 2 aromatic carbocycles. The Hall–Kier alpha value is -1.68.